The highest BCUT2D eigenvalue weighted by molar-refractivity contribution is 5.94. The third-order valence-electron chi connectivity index (χ3n) is 5.62. The van der Waals surface area contributed by atoms with Gasteiger partial charge in [0.1, 0.15) is 12.4 Å². The minimum atomic E-state index is -0.361. The van der Waals surface area contributed by atoms with E-state index in [0.717, 1.165) is 31.5 Å². The minimum Gasteiger partial charge on any atom is -0.461 e. The molecule has 3 aromatic rings. The first-order chi connectivity index (χ1) is 15.0. The summed E-state index contributed by atoms with van der Waals surface area (Å²) in [6, 6.07) is 14.3. The zero-order chi connectivity index (χ0) is 21.8. The van der Waals surface area contributed by atoms with Crippen LogP contribution in [0, 0.1) is 0 Å². The van der Waals surface area contributed by atoms with Gasteiger partial charge in [-0.3, -0.25) is 19.0 Å². The van der Waals surface area contributed by atoms with Crippen molar-refractivity contribution in [2.24, 2.45) is 7.05 Å². The predicted octanol–water partition coefficient (Wildman–Crippen LogP) is 2.85. The van der Waals surface area contributed by atoms with E-state index < -0.39 is 0 Å². The standard InChI is InChI=1S/C24H25N3O4/c1-26-21(25-20-7-3-2-6-19(20)24(26)30)12-13-22(28)31-16-17-8-10-18(11-9-17)23(29)27-14-4-5-15-27/h2-3,6-11H,4-5,12-16H2,1H3. The van der Waals surface area contributed by atoms with E-state index in [1.165, 1.54) is 4.57 Å². The van der Waals surface area contributed by atoms with Crippen molar-refractivity contribution < 1.29 is 14.3 Å². The topological polar surface area (TPSA) is 81.5 Å². The number of aryl methyl sites for hydroxylation is 1. The van der Waals surface area contributed by atoms with Crippen molar-refractivity contribution in [2.45, 2.75) is 32.3 Å². The summed E-state index contributed by atoms with van der Waals surface area (Å²) >= 11 is 0. The second kappa shape index (κ2) is 9.12. The van der Waals surface area contributed by atoms with Gasteiger partial charge < -0.3 is 9.64 Å². The van der Waals surface area contributed by atoms with Gasteiger partial charge in [0, 0.05) is 32.1 Å². The maximum absolute atomic E-state index is 12.4. The van der Waals surface area contributed by atoms with Crippen molar-refractivity contribution in [2.75, 3.05) is 13.1 Å². The number of hydrogen-bond acceptors (Lipinski definition) is 5. The van der Waals surface area contributed by atoms with Gasteiger partial charge in [-0.15, -0.1) is 0 Å². The summed E-state index contributed by atoms with van der Waals surface area (Å²) in [6.45, 7) is 1.77. The zero-order valence-corrected chi connectivity index (χ0v) is 17.5. The highest BCUT2D eigenvalue weighted by atomic mass is 16.5. The Bertz CT molecular complexity index is 1160. The molecule has 1 fully saturated rings. The molecule has 2 heterocycles. The lowest BCUT2D eigenvalue weighted by Crippen LogP contribution is -2.27. The van der Waals surface area contributed by atoms with E-state index in [1.54, 1.807) is 37.4 Å². The summed E-state index contributed by atoms with van der Waals surface area (Å²) in [5, 5.41) is 0.558. The maximum Gasteiger partial charge on any atom is 0.306 e. The van der Waals surface area contributed by atoms with E-state index in [2.05, 4.69) is 4.98 Å². The fraction of sp³-hybridized carbons (Fsp3) is 0.333. The molecule has 1 aliphatic rings. The van der Waals surface area contributed by atoms with Crippen LogP contribution in [0.3, 0.4) is 0 Å². The lowest BCUT2D eigenvalue weighted by Gasteiger charge is -2.15. The molecule has 0 atom stereocenters. The Kier molecular flexibility index (Phi) is 6.11. The first-order valence-corrected chi connectivity index (χ1v) is 10.5. The van der Waals surface area contributed by atoms with Crippen molar-refractivity contribution in [3.63, 3.8) is 0 Å². The lowest BCUT2D eigenvalue weighted by atomic mass is 10.1. The van der Waals surface area contributed by atoms with Gasteiger partial charge in [0.25, 0.3) is 11.5 Å². The Hall–Kier alpha value is -3.48. The fourth-order valence-corrected chi connectivity index (χ4v) is 3.78. The number of para-hydroxylation sites is 1. The molecule has 1 amide bonds. The van der Waals surface area contributed by atoms with Crippen molar-refractivity contribution in [1.82, 2.24) is 14.5 Å². The molecule has 1 aromatic heterocycles. The van der Waals surface area contributed by atoms with Gasteiger partial charge in [0.05, 0.1) is 17.3 Å². The number of hydrogen-bond donors (Lipinski definition) is 0. The molecule has 0 bridgehead atoms. The molecule has 7 nitrogen and oxygen atoms in total. The maximum atomic E-state index is 12.4. The second-order valence-electron chi connectivity index (χ2n) is 7.77. The normalized spacial score (nSPS) is 13.5. The van der Waals surface area contributed by atoms with Crippen LogP contribution in [0.15, 0.2) is 53.3 Å². The van der Waals surface area contributed by atoms with Crippen molar-refractivity contribution in [3.05, 3.63) is 75.8 Å². The Balaban J connectivity index is 1.31. The largest absolute Gasteiger partial charge is 0.461 e. The number of ether oxygens (including phenoxy) is 1. The third-order valence-corrected chi connectivity index (χ3v) is 5.62. The van der Waals surface area contributed by atoms with Crippen molar-refractivity contribution in [3.8, 4) is 0 Å². The van der Waals surface area contributed by atoms with Gasteiger partial charge in [0.2, 0.25) is 0 Å². The molecular weight excluding hydrogens is 394 g/mol. The van der Waals surface area contributed by atoms with Gasteiger partial charge >= 0.3 is 5.97 Å². The SMILES string of the molecule is Cn1c(CCC(=O)OCc2ccc(C(=O)N3CCCC3)cc2)nc2ccccc2c1=O. The van der Waals surface area contributed by atoms with E-state index in [0.29, 0.717) is 28.7 Å². The van der Waals surface area contributed by atoms with Crippen LogP contribution in [-0.4, -0.2) is 39.4 Å². The van der Waals surface area contributed by atoms with E-state index >= 15 is 0 Å². The van der Waals surface area contributed by atoms with Crippen LogP contribution >= 0.6 is 0 Å². The van der Waals surface area contributed by atoms with Crippen molar-refractivity contribution >= 4 is 22.8 Å². The molecule has 0 unspecified atom stereocenters. The van der Waals surface area contributed by atoms with Gasteiger partial charge in [0.15, 0.2) is 0 Å². The van der Waals surface area contributed by atoms with Crippen LogP contribution in [0.4, 0.5) is 0 Å². The van der Waals surface area contributed by atoms with Crippen LogP contribution in [0.2, 0.25) is 0 Å². The number of likely N-dealkylation sites (tertiary alicyclic amines) is 1. The Labute approximate surface area is 180 Å². The number of amides is 1. The molecule has 0 saturated carbocycles. The fourth-order valence-electron chi connectivity index (χ4n) is 3.78. The van der Waals surface area contributed by atoms with Gasteiger partial charge in [-0.2, -0.15) is 0 Å². The highest BCUT2D eigenvalue weighted by Crippen LogP contribution is 2.14. The Morgan fingerprint density at radius 1 is 1.03 bits per heavy atom. The number of aromatic nitrogens is 2. The third kappa shape index (κ3) is 4.66. The molecule has 0 N–H and O–H groups in total. The van der Waals surface area contributed by atoms with Crippen LogP contribution < -0.4 is 5.56 Å². The highest BCUT2D eigenvalue weighted by Gasteiger charge is 2.19. The average molecular weight is 419 g/mol. The quantitative estimate of drug-likeness (QED) is 0.574. The van der Waals surface area contributed by atoms with Gasteiger partial charge in [-0.05, 0) is 42.7 Å². The smallest absolute Gasteiger partial charge is 0.306 e. The number of fused-ring (bicyclic) bond motifs is 1. The lowest BCUT2D eigenvalue weighted by molar-refractivity contribution is -0.144. The number of carbonyl (C=O) groups is 2. The van der Waals surface area contributed by atoms with E-state index in [4.69, 9.17) is 4.74 Å². The molecule has 31 heavy (non-hydrogen) atoms. The van der Waals surface area contributed by atoms with Crippen LogP contribution in [0.1, 0.15) is 41.0 Å². The minimum absolute atomic E-state index is 0.0505. The monoisotopic (exact) mass is 419 g/mol. The number of benzene rings is 2. The molecule has 1 saturated heterocycles. The van der Waals surface area contributed by atoms with Crippen LogP contribution in [-0.2, 0) is 29.6 Å². The van der Waals surface area contributed by atoms with Crippen molar-refractivity contribution in [1.29, 1.82) is 0 Å². The number of esters is 1. The Morgan fingerprint density at radius 2 is 1.74 bits per heavy atom. The molecule has 4 rings (SSSR count). The van der Waals surface area contributed by atoms with Gasteiger partial charge in [-0.1, -0.05) is 24.3 Å². The summed E-state index contributed by atoms with van der Waals surface area (Å²) in [5.74, 6) is 0.236. The molecule has 160 valence electrons. The summed E-state index contributed by atoms with van der Waals surface area (Å²) in [6.07, 6.45) is 2.56. The van der Waals surface area contributed by atoms with E-state index in [1.807, 2.05) is 23.1 Å². The summed E-state index contributed by atoms with van der Waals surface area (Å²) in [7, 11) is 1.66. The first-order valence-electron chi connectivity index (χ1n) is 10.5. The second-order valence-corrected chi connectivity index (χ2v) is 7.77. The molecule has 1 aliphatic heterocycles. The predicted molar refractivity (Wildman–Crippen MR) is 117 cm³/mol. The summed E-state index contributed by atoms with van der Waals surface area (Å²) in [4.78, 5) is 43.4. The Morgan fingerprint density at radius 3 is 2.48 bits per heavy atom. The van der Waals surface area contributed by atoms with E-state index in [9.17, 15) is 14.4 Å². The molecule has 7 heteroatoms. The molecule has 0 spiro atoms. The van der Waals surface area contributed by atoms with Crippen LogP contribution in [0.5, 0.6) is 0 Å². The average Bonchev–Trinajstić information content (AvgIpc) is 3.34. The molecular formula is C24H25N3O4. The molecule has 0 radical (unpaired) electrons. The summed E-state index contributed by atoms with van der Waals surface area (Å²) < 4.78 is 6.84. The number of carbonyl (C=O) groups excluding carboxylic acids is 2. The van der Waals surface area contributed by atoms with Gasteiger partial charge in [-0.25, -0.2) is 4.98 Å². The van der Waals surface area contributed by atoms with E-state index in [-0.39, 0.29) is 30.5 Å². The molecule has 0 aliphatic carbocycles. The van der Waals surface area contributed by atoms with Crippen LogP contribution in [0.25, 0.3) is 10.9 Å². The molecule has 2 aromatic carbocycles. The number of rotatable bonds is 6. The number of nitrogens with zero attached hydrogens (tertiary/aromatic N) is 3. The first kappa shape index (κ1) is 20.8. The zero-order valence-electron chi connectivity index (χ0n) is 17.5. The summed E-state index contributed by atoms with van der Waals surface area (Å²) in [5.41, 5.74) is 1.97.